The first-order chi connectivity index (χ1) is 16.9. The van der Waals surface area contributed by atoms with Gasteiger partial charge < -0.3 is 19.7 Å². The maximum atomic E-state index is 13.6. The first-order valence-electron chi connectivity index (χ1n) is 10.7. The monoisotopic (exact) mass is 532 g/mol. The SMILES string of the molecule is COc1ccccc1NS(=O)(=O)c1cc(NC(=S)NC(=O)c2cccs2)ccc1N1CCOCC1. The molecule has 3 aromatic rings. The van der Waals surface area contributed by atoms with Crippen LogP contribution in [0.5, 0.6) is 5.75 Å². The molecule has 2 aromatic carbocycles. The Labute approximate surface area is 213 Å². The normalized spacial score (nSPS) is 13.7. The maximum absolute atomic E-state index is 13.6. The van der Waals surface area contributed by atoms with E-state index in [0.29, 0.717) is 54.0 Å². The molecule has 0 radical (unpaired) electrons. The van der Waals surface area contributed by atoms with Crippen LogP contribution in [0.15, 0.2) is 64.9 Å². The molecule has 184 valence electrons. The van der Waals surface area contributed by atoms with Crippen molar-refractivity contribution >= 4 is 61.7 Å². The predicted octanol–water partition coefficient (Wildman–Crippen LogP) is 3.52. The fourth-order valence-electron chi connectivity index (χ4n) is 3.54. The highest BCUT2D eigenvalue weighted by Crippen LogP contribution is 2.33. The van der Waals surface area contributed by atoms with E-state index in [-0.39, 0.29) is 15.9 Å². The molecule has 3 N–H and O–H groups in total. The molecule has 1 fully saturated rings. The van der Waals surface area contributed by atoms with E-state index in [4.69, 9.17) is 21.7 Å². The summed E-state index contributed by atoms with van der Waals surface area (Å²) in [6.45, 7) is 2.11. The molecule has 12 heteroatoms. The number of benzene rings is 2. The van der Waals surface area contributed by atoms with Crippen molar-refractivity contribution in [1.29, 1.82) is 0 Å². The van der Waals surface area contributed by atoms with Crippen LogP contribution in [-0.4, -0.2) is 52.9 Å². The summed E-state index contributed by atoms with van der Waals surface area (Å²) < 4.78 is 40.4. The Morgan fingerprint density at radius 2 is 1.89 bits per heavy atom. The number of sulfonamides is 1. The quantitative estimate of drug-likeness (QED) is 0.397. The van der Waals surface area contributed by atoms with Gasteiger partial charge in [0.15, 0.2) is 5.11 Å². The minimum atomic E-state index is -4.02. The molecule has 0 atom stereocenters. The van der Waals surface area contributed by atoms with Gasteiger partial charge in [0.25, 0.3) is 15.9 Å². The van der Waals surface area contributed by atoms with Gasteiger partial charge in [-0.2, -0.15) is 0 Å². The lowest BCUT2D eigenvalue weighted by Crippen LogP contribution is -2.37. The molecule has 0 bridgehead atoms. The van der Waals surface area contributed by atoms with Gasteiger partial charge in [0.2, 0.25) is 0 Å². The van der Waals surface area contributed by atoms with Gasteiger partial charge >= 0.3 is 0 Å². The van der Waals surface area contributed by atoms with Crippen molar-refractivity contribution in [2.75, 3.05) is 48.4 Å². The number of rotatable bonds is 7. The molecule has 35 heavy (non-hydrogen) atoms. The van der Waals surface area contributed by atoms with Gasteiger partial charge in [0.1, 0.15) is 10.6 Å². The zero-order chi connectivity index (χ0) is 24.8. The highest BCUT2D eigenvalue weighted by atomic mass is 32.2. The fourth-order valence-corrected chi connectivity index (χ4v) is 5.69. The van der Waals surface area contributed by atoms with Crippen molar-refractivity contribution in [2.24, 2.45) is 0 Å². The molecular weight excluding hydrogens is 508 g/mol. The van der Waals surface area contributed by atoms with Gasteiger partial charge in [-0.05, 0) is 54.0 Å². The Bertz CT molecular complexity index is 1310. The highest BCUT2D eigenvalue weighted by molar-refractivity contribution is 7.93. The minimum Gasteiger partial charge on any atom is -0.495 e. The van der Waals surface area contributed by atoms with Crippen LogP contribution < -0.4 is 25.0 Å². The molecule has 1 aliphatic rings. The second-order valence-corrected chi connectivity index (χ2v) is 10.5. The lowest BCUT2D eigenvalue weighted by atomic mass is 10.2. The van der Waals surface area contributed by atoms with Gasteiger partial charge in [-0.1, -0.05) is 18.2 Å². The van der Waals surface area contributed by atoms with E-state index < -0.39 is 10.0 Å². The summed E-state index contributed by atoms with van der Waals surface area (Å²) in [4.78, 5) is 14.8. The number of thiophene rings is 1. The molecule has 0 saturated carbocycles. The Hall–Kier alpha value is -3.19. The number of hydrogen-bond acceptors (Lipinski definition) is 8. The van der Waals surface area contributed by atoms with Crippen LogP contribution in [0, 0.1) is 0 Å². The number of carbonyl (C=O) groups excluding carboxylic acids is 1. The van der Waals surface area contributed by atoms with Crippen molar-refractivity contribution in [3.05, 3.63) is 64.9 Å². The van der Waals surface area contributed by atoms with Crippen LogP contribution in [0.4, 0.5) is 17.1 Å². The predicted molar refractivity (Wildman–Crippen MR) is 141 cm³/mol. The van der Waals surface area contributed by atoms with Crippen LogP contribution in [0.3, 0.4) is 0 Å². The Balaban J connectivity index is 1.63. The van der Waals surface area contributed by atoms with Crippen LogP contribution in [0.25, 0.3) is 0 Å². The average molecular weight is 533 g/mol. The summed E-state index contributed by atoms with van der Waals surface area (Å²) in [6.07, 6.45) is 0. The van der Waals surface area contributed by atoms with E-state index >= 15 is 0 Å². The van der Waals surface area contributed by atoms with Gasteiger partial charge in [-0.25, -0.2) is 8.42 Å². The largest absolute Gasteiger partial charge is 0.495 e. The number of ether oxygens (including phenoxy) is 2. The summed E-state index contributed by atoms with van der Waals surface area (Å²) in [7, 11) is -2.55. The van der Waals surface area contributed by atoms with E-state index in [1.165, 1.54) is 24.5 Å². The van der Waals surface area contributed by atoms with Crippen LogP contribution in [-0.2, 0) is 14.8 Å². The van der Waals surface area contributed by atoms with Gasteiger partial charge in [0.05, 0.1) is 36.6 Å². The van der Waals surface area contributed by atoms with Gasteiger partial charge in [-0.15, -0.1) is 11.3 Å². The topological polar surface area (TPSA) is 109 Å². The number of morpholine rings is 1. The molecule has 1 amide bonds. The second-order valence-electron chi connectivity index (χ2n) is 7.47. The van der Waals surface area contributed by atoms with Crippen molar-refractivity contribution in [2.45, 2.75) is 4.90 Å². The molecule has 0 unspecified atom stereocenters. The van der Waals surface area contributed by atoms with E-state index in [2.05, 4.69) is 15.4 Å². The molecule has 0 spiro atoms. The number of methoxy groups -OCH3 is 1. The second kappa shape index (κ2) is 11.0. The number of para-hydroxylation sites is 2. The molecule has 9 nitrogen and oxygen atoms in total. The Kier molecular flexibility index (Phi) is 7.86. The molecule has 0 aliphatic carbocycles. The third-order valence-electron chi connectivity index (χ3n) is 5.18. The Morgan fingerprint density at radius 1 is 1.11 bits per heavy atom. The number of hydrogen-bond donors (Lipinski definition) is 3. The highest BCUT2D eigenvalue weighted by Gasteiger charge is 2.25. The first kappa shape index (κ1) is 24.9. The van der Waals surface area contributed by atoms with E-state index in [9.17, 15) is 13.2 Å². The fraction of sp³-hybridized carbons (Fsp3) is 0.217. The molecule has 1 saturated heterocycles. The zero-order valence-corrected chi connectivity index (χ0v) is 21.3. The smallest absolute Gasteiger partial charge is 0.267 e. The minimum absolute atomic E-state index is 0.0580. The lowest BCUT2D eigenvalue weighted by molar-refractivity contribution is 0.0981. The number of thiocarbonyl (C=S) groups is 1. The third-order valence-corrected chi connectivity index (χ3v) is 7.65. The zero-order valence-electron chi connectivity index (χ0n) is 18.8. The van der Waals surface area contributed by atoms with Crippen molar-refractivity contribution in [1.82, 2.24) is 5.32 Å². The maximum Gasteiger partial charge on any atom is 0.267 e. The standard InChI is InChI=1S/C23H24N4O5S3/c1-31-19-6-3-2-5-17(19)26-35(29,30)21-15-16(8-9-18(21)27-10-12-32-13-11-27)24-23(33)25-22(28)20-7-4-14-34-20/h2-9,14-15,26H,10-13H2,1H3,(H2,24,25,28,33). The molecular formula is C23H24N4O5S3. The number of nitrogens with zero attached hydrogens (tertiary/aromatic N) is 1. The molecule has 4 rings (SSSR count). The summed E-state index contributed by atoms with van der Waals surface area (Å²) in [5.41, 5.74) is 1.27. The van der Waals surface area contributed by atoms with Crippen molar-refractivity contribution < 1.29 is 22.7 Å². The van der Waals surface area contributed by atoms with E-state index in [1.807, 2.05) is 4.90 Å². The molecule has 2 heterocycles. The molecule has 1 aliphatic heterocycles. The summed E-state index contributed by atoms with van der Waals surface area (Å²) in [5, 5.41) is 7.37. The van der Waals surface area contributed by atoms with Crippen LogP contribution >= 0.6 is 23.6 Å². The number of carbonyl (C=O) groups is 1. The summed E-state index contributed by atoms with van der Waals surface area (Å²) in [5.74, 6) is 0.0591. The van der Waals surface area contributed by atoms with E-state index in [0.717, 1.165) is 0 Å². The number of amides is 1. The first-order valence-corrected chi connectivity index (χ1v) is 13.4. The average Bonchev–Trinajstić information content (AvgIpc) is 3.40. The Morgan fingerprint density at radius 3 is 2.60 bits per heavy atom. The number of nitrogens with one attached hydrogen (secondary N) is 3. The van der Waals surface area contributed by atoms with E-state index in [1.54, 1.807) is 53.9 Å². The molecule has 1 aromatic heterocycles. The van der Waals surface area contributed by atoms with Gasteiger partial charge in [-0.3, -0.25) is 14.8 Å². The lowest BCUT2D eigenvalue weighted by Gasteiger charge is -2.30. The summed E-state index contributed by atoms with van der Waals surface area (Å²) >= 11 is 6.57. The number of anilines is 3. The van der Waals surface area contributed by atoms with Crippen molar-refractivity contribution in [3.8, 4) is 5.75 Å². The summed E-state index contributed by atoms with van der Waals surface area (Å²) in [6, 6.07) is 15.2. The van der Waals surface area contributed by atoms with Gasteiger partial charge in [0, 0.05) is 18.8 Å². The third kappa shape index (κ3) is 6.09. The van der Waals surface area contributed by atoms with Crippen LogP contribution in [0.2, 0.25) is 0 Å². The van der Waals surface area contributed by atoms with Crippen molar-refractivity contribution in [3.63, 3.8) is 0 Å². The van der Waals surface area contributed by atoms with Crippen LogP contribution in [0.1, 0.15) is 9.67 Å².